The first-order valence-electron chi connectivity index (χ1n) is 18.3. The molecule has 10 aromatic carbocycles. The van der Waals surface area contributed by atoms with Gasteiger partial charge in [0.15, 0.2) is 0 Å². The second kappa shape index (κ2) is 13.0. The monoisotopic (exact) mass is 673 g/mol. The zero-order valence-corrected chi connectivity index (χ0v) is 29.2. The molecule has 0 heterocycles. The molecule has 0 amide bonds. The molecule has 10 aromatic rings. The fourth-order valence-electron chi connectivity index (χ4n) is 7.97. The van der Waals surface area contributed by atoms with Gasteiger partial charge in [-0.15, -0.1) is 0 Å². The molecule has 0 fully saturated rings. The SMILES string of the molecule is c1ccc(-c2ccccc2N(c2cccc(-c3ccc4ccc5ccccc5c4c3)c2)c2cccc(-c3ccc4ccc5ccccc5c4c3)c2)cc1. The molecular formula is C52H35N. The Bertz CT molecular complexity index is 2800. The summed E-state index contributed by atoms with van der Waals surface area (Å²) in [4.78, 5) is 2.42. The molecule has 53 heavy (non-hydrogen) atoms. The molecule has 0 N–H and O–H groups in total. The van der Waals surface area contributed by atoms with E-state index in [0.717, 1.165) is 17.1 Å². The van der Waals surface area contributed by atoms with Crippen molar-refractivity contribution in [3.63, 3.8) is 0 Å². The molecule has 0 radical (unpaired) electrons. The Morgan fingerprint density at radius 3 is 1.23 bits per heavy atom. The number of fused-ring (bicyclic) bond motifs is 6. The van der Waals surface area contributed by atoms with Gasteiger partial charge in [0.2, 0.25) is 0 Å². The summed E-state index contributed by atoms with van der Waals surface area (Å²) in [5.41, 5.74) is 10.4. The van der Waals surface area contributed by atoms with Crippen molar-refractivity contribution in [1.29, 1.82) is 0 Å². The highest BCUT2D eigenvalue weighted by atomic mass is 15.1. The molecule has 10 rings (SSSR count). The maximum absolute atomic E-state index is 2.42. The highest BCUT2D eigenvalue weighted by molar-refractivity contribution is 6.10. The van der Waals surface area contributed by atoms with Crippen LogP contribution >= 0.6 is 0 Å². The van der Waals surface area contributed by atoms with Crippen molar-refractivity contribution in [2.45, 2.75) is 0 Å². The molecule has 0 aliphatic rings. The van der Waals surface area contributed by atoms with Crippen molar-refractivity contribution >= 4 is 60.2 Å². The third-order valence-electron chi connectivity index (χ3n) is 10.6. The lowest BCUT2D eigenvalue weighted by Gasteiger charge is -2.29. The Labute approximate surface area is 309 Å². The minimum absolute atomic E-state index is 1.10. The summed E-state index contributed by atoms with van der Waals surface area (Å²) in [5, 5.41) is 10.1. The van der Waals surface area contributed by atoms with Crippen molar-refractivity contribution in [3.05, 3.63) is 212 Å². The van der Waals surface area contributed by atoms with E-state index < -0.39 is 0 Å². The van der Waals surface area contributed by atoms with Crippen LogP contribution in [0.15, 0.2) is 212 Å². The minimum atomic E-state index is 1.10. The molecule has 0 saturated heterocycles. The molecule has 0 aliphatic carbocycles. The maximum Gasteiger partial charge on any atom is 0.0540 e. The smallest absolute Gasteiger partial charge is 0.0540 e. The Balaban J connectivity index is 1.14. The summed E-state index contributed by atoms with van der Waals surface area (Å²) in [6, 6.07) is 77.4. The molecule has 0 spiro atoms. The van der Waals surface area contributed by atoms with Gasteiger partial charge < -0.3 is 4.90 Å². The quantitative estimate of drug-likeness (QED) is 0.159. The normalized spacial score (nSPS) is 11.4. The van der Waals surface area contributed by atoms with E-state index in [1.165, 1.54) is 76.5 Å². The third-order valence-corrected chi connectivity index (χ3v) is 10.6. The van der Waals surface area contributed by atoms with Crippen LogP contribution in [0, 0.1) is 0 Å². The van der Waals surface area contributed by atoms with Gasteiger partial charge in [-0.05, 0) is 113 Å². The van der Waals surface area contributed by atoms with Gasteiger partial charge in [0.1, 0.15) is 0 Å². The number of hydrogen-bond acceptors (Lipinski definition) is 1. The zero-order chi connectivity index (χ0) is 35.1. The van der Waals surface area contributed by atoms with Crippen molar-refractivity contribution in [1.82, 2.24) is 0 Å². The first kappa shape index (κ1) is 30.8. The molecule has 0 unspecified atom stereocenters. The number of hydrogen-bond donors (Lipinski definition) is 0. The van der Waals surface area contributed by atoms with Crippen molar-refractivity contribution in [3.8, 4) is 33.4 Å². The predicted octanol–water partition coefficient (Wildman–Crippen LogP) is 14.8. The van der Waals surface area contributed by atoms with Gasteiger partial charge in [0, 0.05) is 16.9 Å². The first-order valence-corrected chi connectivity index (χ1v) is 18.3. The standard InChI is InChI=1S/C52H35N/c1-2-12-36(13-3-1)49-22-8-9-23-52(49)53(45-18-10-16-41(32-45)43-30-28-39-26-24-37-14-4-6-20-47(37)50(39)34-43)46-19-11-17-42(33-46)44-31-29-40-27-25-38-15-5-7-21-48(38)51(40)35-44/h1-35H. The van der Waals surface area contributed by atoms with E-state index in [0.29, 0.717) is 0 Å². The lowest BCUT2D eigenvalue weighted by molar-refractivity contribution is 1.28. The van der Waals surface area contributed by atoms with Crippen LogP contribution in [0.4, 0.5) is 17.1 Å². The van der Waals surface area contributed by atoms with E-state index in [2.05, 4.69) is 217 Å². The number of benzene rings is 10. The van der Waals surface area contributed by atoms with E-state index >= 15 is 0 Å². The van der Waals surface area contributed by atoms with Gasteiger partial charge >= 0.3 is 0 Å². The van der Waals surface area contributed by atoms with E-state index in [9.17, 15) is 0 Å². The summed E-state index contributed by atoms with van der Waals surface area (Å²) >= 11 is 0. The summed E-state index contributed by atoms with van der Waals surface area (Å²) in [6.07, 6.45) is 0. The van der Waals surface area contributed by atoms with Crippen molar-refractivity contribution < 1.29 is 0 Å². The number of anilines is 3. The van der Waals surface area contributed by atoms with Crippen LogP contribution in [0.2, 0.25) is 0 Å². The molecule has 1 nitrogen and oxygen atoms in total. The van der Waals surface area contributed by atoms with E-state index in [1.54, 1.807) is 0 Å². The molecule has 0 aliphatic heterocycles. The van der Waals surface area contributed by atoms with Crippen LogP contribution in [0.3, 0.4) is 0 Å². The molecule has 0 saturated carbocycles. The van der Waals surface area contributed by atoms with Gasteiger partial charge in [0.25, 0.3) is 0 Å². The van der Waals surface area contributed by atoms with Gasteiger partial charge in [-0.2, -0.15) is 0 Å². The second-order valence-electron chi connectivity index (χ2n) is 13.8. The Morgan fingerprint density at radius 2 is 0.660 bits per heavy atom. The van der Waals surface area contributed by atoms with Gasteiger partial charge in [-0.3, -0.25) is 0 Å². The molecule has 1 heteroatoms. The molecule has 248 valence electrons. The zero-order valence-electron chi connectivity index (χ0n) is 29.2. The van der Waals surface area contributed by atoms with Crippen LogP contribution in [0.1, 0.15) is 0 Å². The second-order valence-corrected chi connectivity index (χ2v) is 13.8. The van der Waals surface area contributed by atoms with Crippen LogP contribution in [0.5, 0.6) is 0 Å². The molecule has 0 atom stereocenters. The van der Waals surface area contributed by atoms with Crippen LogP contribution < -0.4 is 4.90 Å². The van der Waals surface area contributed by atoms with Gasteiger partial charge in [-0.1, -0.05) is 170 Å². The average molecular weight is 674 g/mol. The number of rotatable bonds is 6. The van der Waals surface area contributed by atoms with Crippen molar-refractivity contribution in [2.75, 3.05) is 4.90 Å². The third kappa shape index (κ3) is 5.60. The largest absolute Gasteiger partial charge is 0.310 e. The van der Waals surface area contributed by atoms with E-state index in [4.69, 9.17) is 0 Å². The first-order chi connectivity index (χ1) is 26.3. The van der Waals surface area contributed by atoms with Crippen LogP contribution in [-0.2, 0) is 0 Å². The van der Waals surface area contributed by atoms with Gasteiger partial charge in [0.05, 0.1) is 5.69 Å². The van der Waals surface area contributed by atoms with Crippen molar-refractivity contribution in [2.24, 2.45) is 0 Å². The van der Waals surface area contributed by atoms with E-state index in [1.807, 2.05) is 0 Å². The fourth-order valence-corrected chi connectivity index (χ4v) is 7.97. The van der Waals surface area contributed by atoms with Crippen LogP contribution in [-0.4, -0.2) is 0 Å². The number of nitrogens with zero attached hydrogens (tertiary/aromatic N) is 1. The summed E-state index contributed by atoms with van der Waals surface area (Å²) < 4.78 is 0. The molecule has 0 bridgehead atoms. The Hall–Kier alpha value is -6.96. The summed E-state index contributed by atoms with van der Waals surface area (Å²) in [6.45, 7) is 0. The molecule has 0 aromatic heterocycles. The highest BCUT2D eigenvalue weighted by Gasteiger charge is 2.19. The lowest BCUT2D eigenvalue weighted by atomic mass is 9.96. The van der Waals surface area contributed by atoms with Crippen LogP contribution in [0.25, 0.3) is 76.5 Å². The Kier molecular flexibility index (Phi) is 7.55. The lowest BCUT2D eigenvalue weighted by Crippen LogP contribution is -2.11. The average Bonchev–Trinajstić information content (AvgIpc) is 3.24. The maximum atomic E-state index is 2.42. The summed E-state index contributed by atoms with van der Waals surface area (Å²) in [5.74, 6) is 0. The minimum Gasteiger partial charge on any atom is -0.310 e. The molecular weight excluding hydrogens is 639 g/mol. The van der Waals surface area contributed by atoms with Gasteiger partial charge in [-0.25, -0.2) is 0 Å². The topological polar surface area (TPSA) is 3.24 Å². The highest BCUT2D eigenvalue weighted by Crippen LogP contribution is 2.43. The Morgan fingerprint density at radius 1 is 0.245 bits per heavy atom. The summed E-state index contributed by atoms with van der Waals surface area (Å²) in [7, 11) is 0. The fraction of sp³-hybridized carbons (Fsp3) is 0. The predicted molar refractivity (Wildman–Crippen MR) is 227 cm³/mol. The van der Waals surface area contributed by atoms with E-state index in [-0.39, 0.29) is 0 Å². The number of para-hydroxylation sites is 1.